The van der Waals surface area contributed by atoms with Crippen LogP contribution in [-0.4, -0.2) is 48.7 Å². The van der Waals surface area contributed by atoms with Crippen LogP contribution in [0.2, 0.25) is 0 Å². The molecule has 1 aliphatic rings. The Morgan fingerprint density at radius 1 is 1.71 bits per heavy atom. The van der Waals surface area contributed by atoms with Gasteiger partial charge in [-0.1, -0.05) is 0 Å². The van der Waals surface area contributed by atoms with E-state index in [4.69, 9.17) is 4.74 Å². The molecule has 1 fully saturated rings. The molecule has 1 N–H and O–H groups in total. The summed E-state index contributed by atoms with van der Waals surface area (Å²) in [6, 6.07) is 0. The lowest BCUT2D eigenvalue weighted by molar-refractivity contribution is -0.159. The Morgan fingerprint density at radius 3 is 2.57 bits per heavy atom. The number of hydrogen-bond acceptors (Lipinski definition) is 3. The fourth-order valence-corrected chi connectivity index (χ4v) is 1.77. The molecule has 1 saturated carbocycles. The van der Waals surface area contributed by atoms with E-state index in [0.717, 1.165) is 12.8 Å². The van der Waals surface area contributed by atoms with E-state index in [9.17, 15) is 14.7 Å². The molecule has 5 heteroatoms. The highest BCUT2D eigenvalue weighted by Gasteiger charge is 2.54. The van der Waals surface area contributed by atoms with Crippen LogP contribution in [0.4, 0.5) is 0 Å². The summed E-state index contributed by atoms with van der Waals surface area (Å²) in [6.07, 6.45) is 2.23. The second-order valence-electron chi connectivity index (χ2n) is 3.65. The maximum absolute atomic E-state index is 11.2. The number of aliphatic carboxylic acids is 1. The number of nitrogens with zero attached hydrogens (tertiary/aromatic N) is 1. The molecule has 1 unspecified atom stereocenters. The molecule has 0 aromatic carbocycles. The zero-order chi connectivity index (χ0) is 10.8. The van der Waals surface area contributed by atoms with Gasteiger partial charge >= 0.3 is 5.97 Å². The summed E-state index contributed by atoms with van der Waals surface area (Å²) >= 11 is 0. The molecule has 0 aromatic rings. The van der Waals surface area contributed by atoms with Crippen molar-refractivity contribution < 1.29 is 19.4 Å². The first-order valence-electron chi connectivity index (χ1n) is 4.50. The number of rotatable bonds is 6. The normalized spacial score (nSPS) is 19.9. The van der Waals surface area contributed by atoms with Crippen molar-refractivity contribution in [2.75, 3.05) is 20.8 Å². The molecule has 1 aliphatic carbocycles. The summed E-state index contributed by atoms with van der Waals surface area (Å²) in [5.74, 6) is -0.966. The third-order valence-electron chi connectivity index (χ3n) is 2.77. The maximum Gasteiger partial charge on any atom is 0.332 e. The number of hydrogen-bond donors (Lipinski definition) is 1. The van der Waals surface area contributed by atoms with Gasteiger partial charge in [-0.05, 0) is 18.8 Å². The lowest BCUT2D eigenvalue weighted by Crippen LogP contribution is -2.57. The van der Waals surface area contributed by atoms with E-state index >= 15 is 0 Å². The standard InChI is InChI=1S/C9H15NO4/c1-10(6-11)9(5-14-2,8(12)13)7-3-4-7/h6-7H,3-5H2,1-2H3,(H,12,13). The first kappa shape index (κ1) is 11.0. The number of amides is 1. The number of likely N-dealkylation sites (N-methyl/N-ethyl adjacent to an activating group) is 1. The van der Waals surface area contributed by atoms with Crippen LogP contribution in [0.5, 0.6) is 0 Å². The van der Waals surface area contributed by atoms with E-state index in [1.165, 1.54) is 19.1 Å². The van der Waals surface area contributed by atoms with Crippen LogP contribution in [0, 0.1) is 5.92 Å². The van der Waals surface area contributed by atoms with E-state index in [2.05, 4.69) is 0 Å². The number of methoxy groups -OCH3 is 1. The van der Waals surface area contributed by atoms with Gasteiger partial charge in [0, 0.05) is 14.2 Å². The van der Waals surface area contributed by atoms with E-state index in [1.54, 1.807) is 0 Å². The Hall–Kier alpha value is -1.10. The maximum atomic E-state index is 11.2. The quantitative estimate of drug-likeness (QED) is 0.612. The molecule has 0 bridgehead atoms. The highest BCUT2D eigenvalue weighted by Crippen LogP contribution is 2.42. The van der Waals surface area contributed by atoms with Gasteiger partial charge in [-0.15, -0.1) is 0 Å². The largest absolute Gasteiger partial charge is 0.479 e. The smallest absolute Gasteiger partial charge is 0.332 e. The topological polar surface area (TPSA) is 66.8 Å². The third-order valence-corrected chi connectivity index (χ3v) is 2.77. The number of carboxylic acid groups (broad SMARTS) is 1. The van der Waals surface area contributed by atoms with Crippen LogP contribution >= 0.6 is 0 Å². The predicted octanol–water partition coefficient (Wildman–Crippen LogP) is -0.0456. The van der Waals surface area contributed by atoms with Crippen LogP contribution in [0.3, 0.4) is 0 Å². The lowest BCUT2D eigenvalue weighted by atomic mass is 9.93. The zero-order valence-electron chi connectivity index (χ0n) is 8.40. The minimum Gasteiger partial charge on any atom is -0.479 e. The van der Waals surface area contributed by atoms with Gasteiger partial charge in [-0.25, -0.2) is 4.79 Å². The molecule has 14 heavy (non-hydrogen) atoms. The van der Waals surface area contributed by atoms with Crippen molar-refractivity contribution in [3.63, 3.8) is 0 Å². The van der Waals surface area contributed by atoms with Crippen molar-refractivity contribution >= 4 is 12.4 Å². The van der Waals surface area contributed by atoms with Crippen molar-refractivity contribution in [3.8, 4) is 0 Å². The van der Waals surface area contributed by atoms with Crippen molar-refractivity contribution in [2.24, 2.45) is 5.92 Å². The summed E-state index contributed by atoms with van der Waals surface area (Å²) in [5.41, 5.74) is -1.17. The second kappa shape index (κ2) is 3.96. The molecule has 1 rings (SSSR count). The average molecular weight is 201 g/mol. The number of carbonyl (C=O) groups is 2. The molecule has 0 heterocycles. The van der Waals surface area contributed by atoms with E-state index in [-0.39, 0.29) is 12.5 Å². The first-order chi connectivity index (χ1) is 6.59. The number of carboxylic acids is 1. The Bertz CT molecular complexity index is 239. The predicted molar refractivity (Wildman–Crippen MR) is 48.8 cm³/mol. The van der Waals surface area contributed by atoms with Gasteiger partial charge in [0.2, 0.25) is 6.41 Å². The SMILES string of the molecule is COCC(C(=O)O)(C1CC1)N(C)C=O. The summed E-state index contributed by atoms with van der Waals surface area (Å²) in [6.45, 7) is 0.0439. The van der Waals surface area contributed by atoms with E-state index in [1.807, 2.05) is 0 Å². The fourth-order valence-electron chi connectivity index (χ4n) is 1.77. The van der Waals surface area contributed by atoms with Crippen molar-refractivity contribution in [3.05, 3.63) is 0 Å². The molecule has 0 aliphatic heterocycles. The van der Waals surface area contributed by atoms with Gasteiger partial charge in [0.1, 0.15) is 0 Å². The third kappa shape index (κ3) is 1.59. The summed E-state index contributed by atoms with van der Waals surface area (Å²) in [7, 11) is 2.93. The van der Waals surface area contributed by atoms with Crippen LogP contribution < -0.4 is 0 Å². The highest BCUT2D eigenvalue weighted by atomic mass is 16.5. The molecule has 0 radical (unpaired) electrons. The Kier molecular flexibility index (Phi) is 3.10. The zero-order valence-corrected chi connectivity index (χ0v) is 8.40. The van der Waals surface area contributed by atoms with Gasteiger partial charge < -0.3 is 14.7 Å². The fraction of sp³-hybridized carbons (Fsp3) is 0.778. The summed E-state index contributed by atoms with van der Waals surface area (Å²) in [5, 5.41) is 9.19. The average Bonchev–Trinajstić information content (AvgIpc) is 2.96. The van der Waals surface area contributed by atoms with Gasteiger partial charge in [0.25, 0.3) is 0 Å². The van der Waals surface area contributed by atoms with Gasteiger partial charge in [0.05, 0.1) is 6.61 Å². The molecule has 0 saturated heterocycles. The summed E-state index contributed by atoms with van der Waals surface area (Å²) in [4.78, 5) is 23.1. The molecule has 1 atom stereocenters. The Labute approximate surface area is 82.6 Å². The van der Waals surface area contributed by atoms with Crippen LogP contribution in [0.1, 0.15) is 12.8 Å². The Morgan fingerprint density at radius 2 is 2.29 bits per heavy atom. The molecule has 0 aromatic heterocycles. The van der Waals surface area contributed by atoms with Crippen molar-refractivity contribution in [1.82, 2.24) is 4.90 Å². The Balaban J connectivity index is 2.94. The van der Waals surface area contributed by atoms with Crippen LogP contribution in [0.25, 0.3) is 0 Å². The minimum absolute atomic E-state index is 0.0233. The van der Waals surface area contributed by atoms with Gasteiger partial charge in [0.15, 0.2) is 5.54 Å². The minimum atomic E-state index is -1.17. The van der Waals surface area contributed by atoms with E-state index in [0.29, 0.717) is 6.41 Å². The van der Waals surface area contributed by atoms with Crippen molar-refractivity contribution in [2.45, 2.75) is 18.4 Å². The lowest BCUT2D eigenvalue weighted by Gasteiger charge is -2.35. The number of ether oxygens (including phenoxy) is 1. The number of carbonyl (C=O) groups excluding carboxylic acids is 1. The molecular formula is C9H15NO4. The first-order valence-corrected chi connectivity index (χ1v) is 4.50. The highest BCUT2D eigenvalue weighted by molar-refractivity contribution is 5.82. The van der Waals surface area contributed by atoms with Crippen molar-refractivity contribution in [1.29, 1.82) is 0 Å². The molecule has 1 amide bonds. The van der Waals surface area contributed by atoms with Gasteiger partial charge in [-0.2, -0.15) is 0 Å². The van der Waals surface area contributed by atoms with Crippen LogP contribution in [0.15, 0.2) is 0 Å². The molecule has 80 valence electrons. The molecule has 5 nitrogen and oxygen atoms in total. The molecular weight excluding hydrogens is 186 g/mol. The molecule has 0 spiro atoms. The second-order valence-corrected chi connectivity index (χ2v) is 3.65. The monoisotopic (exact) mass is 201 g/mol. The van der Waals surface area contributed by atoms with Crippen LogP contribution in [-0.2, 0) is 14.3 Å². The van der Waals surface area contributed by atoms with E-state index < -0.39 is 11.5 Å². The summed E-state index contributed by atoms with van der Waals surface area (Å²) < 4.78 is 4.91. The van der Waals surface area contributed by atoms with Gasteiger partial charge in [-0.3, -0.25) is 4.79 Å².